The molecular weight excluding hydrogens is 388 g/mol. The molecule has 2 aliphatic rings. The second-order valence-electron chi connectivity index (χ2n) is 6.80. The molecule has 2 aliphatic heterocycles. The Morgan fingerprint density at radius 1 is 1.24 bits per heavy atom. The molecule has 2 N–H and O–H groups in total. The maximum atomic E-state index is 14.7. The predicted molar refractivity (Wildman–Crippen MR) is 101 cm³/mol. The number of benzene rings is 1. The number of nitrogens with zero attached hydrogens (tertiary/aromatic N) is 3. The van der Waals surface area contributed by atoms with Crippen LogP contribution in [0.2, 0.25) is 0 Å². The summed E-state index contributed by atoms with van der Waals surface area (Å²) in [4.78, 5) is 38.6. The summed E-state index contributed by atoms with van der Waals surface area (Å²) in [5, 5.41) is 5.19. The fourth-order valence-electron chi connectivity index (χ4n) is 3.47. The van der Waals surface area contributed by atoms with Crippen LogP contribution in [0, 0.1) is 11.6 Å². The minimum absolute atomic E-state index is 0.0465. The molecule has 0 radical (unpaired) electrons. The third kappa shape index (κ3) is 4.56. The van der Waals surface area contributed by atoms with E-state index in [9.17, 15) is 23.2 Å². The van der Waals surface area contributed by atoms with Gasteiger partial charge >= 0.3 is 6.09 Å². The minimum atomic E-state index is -0.794. The van der Waals surface area contributed by atoms with E-state index in [1.54, 1.807) is 16.8 Å². The lowest BCUT2D eigenvalue weighted by Gasteiger charge is -2.36. The monoisotopic (exact) mass is 411 g/mol. The van der Waals surface area contributed by atoms with E-state index in [2.05, 4.69) is 10.6 Å². The molecule has 158 valence electrons. The Hall–Kier alpha value is -2.95. The van der Waals surface area contributed by atoms with E-state index in [0.717, 1.165) is 17.0 Å². The van der Waals surface area contributed by atoms with Gasteiger partial charge in [-0.3, -0.25) is 14.5 Å². The first-order valence-electron chi connectivity index (χ1n) is 9.26. The van der Waals surface area contributed by atoms with Crippen molar-refractivity contribution in [3.63, 3.8) is 0 Å². The van der Waals surface area contributed by atoms with Crippen LogP contribution in [-0.4, -0.2) is 82.3 Å². The summed E-state index contributed by atoms with van der Waals surface area (Å²) in [6.07, 6.45) is -0.843. The molecule has 0 bridgehead atoms. The van der Waals surface area contributed by atoms with E-state index in [1.165, 1.54) is 0 Å². The highest BCUT2D eigenvalue weighted by Crippen LogP contribution is 2.31. The van der Waals surface area contributed by atoms with Gasteiger partial charge in [-0.1, -0.05) is 0 Å². The van der Waals surface area contributed by atoms with E-state index in [0.29, 0.717) is 32.6 Å². The molecule has 29 heavy (non-hydrogen) atoms. The fourth-order valence-corrected chi connectivity index (χ4v) is 3.47. The molecule has 2 saturated heterocycles. The van der Waals surface area contributed by atoms with Crippen molar-refractivity contribution in [3.05, 3.63) is 23.8 Å². The van der Waals surface area contributed by atoms with E-state index < -0.39 is 23.8 Å². The van der Waals surface area contributed by atoms with Crippen molar-refractivity contribution < 1.29 is 27.9 Å². The smallest absolute Gasteiger partial charge is 0.414 e. The highest BCUT2D eigenvalue weighted by molar-refractivity contribution is 5.90. The minimum Gasteiger partial charge on any atom is -0.442 e. The Bertz CT molecular complexity index is 763. The lowest BCUT2D eigenvalue weighted by Crippen LogP contribution is -2.51. The number of piperazine rings is 1. The summed E-state index contributed by atoms with van der Waals surface area (Å²) in [5.41, 5.74) is -0.133. The summed E-state index contributed by atoms with van der Waals surface area (Å²) in [5.74, 6) is -1.65. The van der Waals surface area contributed by atoms with Crippen molar-refractivity contribution in [3.8, 4) is 0 Å². The van der Waals surface area contributed by atoms with E-state index in [1.807, 2.05) is 0 Å². The van der Waals surface area contributed by atoms with Gasteiger partial charge in [0.15, 0.2) is 11.6 Å². The highest BCUT2D eigenvalue weighted by atomic mass is 19.1. The van der Waals surface area contributed by atoms with Crippen molar-refractivity contribution in [1.29, 1.82) is 0 Å². The molecular formula is C18H23F2N5O4. The van der Waals surface area contributed by atoms with Crippen LogP contribution < -0.4 is 20.4 Å². The number of likely N-dealkylation sites (N-methyl/N-ethyl adjacent to an activating group) is 1. The van der Waals surface area contributed by atoms with Crippen LogP contribution in [0.5, 0.6) is 0 Å². The number of hydrogen-bond donors (Lipinski definition) is 2. The number of carbonyl (C=O) groups excluding carboxylic acids is 3. The largest absolute Gasteiger partial charge is 0.442 e. The van der Waals surface area contributed by atoms with Crippen molar-refractivity contribution in [2.75, 3.05) is 62.7 Å². The summed E-state index contributed by atoms with van der Waals surface area (Å²) < 4.78 is 34.6. The van der Waals surface area contributed by atoms with Gasteiger partial charge in [0, 0.05) is 38.3 Å². The van der Waals surface area contributed by atoms with Crippen LogP contribution in [-0.2, 0) is 14.3 Å². The average molecular weight is 411 g/mol. The van der Waals surface area contributed by atoms with Gasteiger partial charge in [-0.2, -0.15) is 0 Å². The molecule has 2 fully saturated rings. The van der Waals surface area contributed by atoms with Crippen LogP contribution in [0.4, 0.5) is 25.0 Å². The standard InChI is InChI=1S/C18H23F2N5O4/c1-21-9-16(27)23-2-4-24(5-3-23)17-14(19)6-12(7-15(17)20)25-10-13(8-22-11-26)29-18(25)28/h6-7,11,13,21H,2-5,8-10H2,1H3,(H,22,26). The number of cyclic esters (lactones) is 1. The fraction of sp³-hybridized carbons (Fsp3) is 0.500. The van der Waals surface area contributed by atoms with Gasteiger partial charge in [-0.05, 0) is 7.05 Å². The highest BCUT2D eigenvalue weighted by Gasteiger charge is 2.34. The first kappa shape index (κ1) is 20.8. The molecule has 2 heterocycles. The lowest BCUT2D eigenvalue weighted by molar-refractivity contribution is -0.130. The van der Waals surface area contributed by atoms with E-state index in [-0.39, 0.29) is 36.9 Å². The van der Waals surface area contributed by atoms with Gasteiger partial charge < -0.3 is 25.2 Å². The Labute approximate surface area is 166 Å². The Morgan fingerprint density at radius 3 is 2.48 bits per heavy atom. The second kappa shape index (κ2) is 9.03. The third-order valence-corrected chi connectivity index (χ3v) is 4.89. The first-order chi connectivity index (χ1) is 13.9. The zero-order valence-electron chi connectivity index (χ0n) is 16.0. The molecule has 1 aromatic rings. The van der Waals surface area contributed by atoms with Crippen molar-refractivity contribution in [2.45, 2.75) is 6.10 Å². The molecule has 0 saturated carbocycles. The van der Waals surface area contributed by atoms with Gasteiger partial charge in [0.1, 0.15) is 11.8 Å². The molecule has 11 heteroatoms. The predicted octanol–water partition coefficient (Wildman–Crippen LogP) is -0.0960. The molecule has 0 aromatic heterocycles. The Morgan fingerprint density at radius 2 is 1.90 bits per heavy atom. The summed E-state index contributed by atoms with van der Waals surface area (Å²) >= 11 is 0. The van der Waals surface area contributed by atoms with Gasteiger partial charge in [0.2, 0.25) is 12.3 Å². The topological polar surface area (TPSA) is 94.2 Å². The van der Waals surface area contributed by atoms with Crippen LogP contribution in [0.15, 0.2) is 12.1 Å². The van der Waals surface area contributed by atoms with Gasteiger partial charge in [0.25, 0.3) is 0 Å². The SMILES string of the molecule is CNCC(=O)N1CCN(c2c(F)cc(N3CC(CNC=O)OC3=O)cc2F)CC1. The summed E-state index contributed by atoms with van der Waals surface area (Å²) in [6.45, 7) is 1.74. The zero-order chi connectivity index (χ0) is 21.0. The molecule has 1 unspecified atom stereocenters. The van der Waals surface area contributed by atoms with Crippen molar-refractivity contribution in [2.24, 2.45) is 0 Å². The molecule has 0 aliphatic carbocycles. The van der Waals surface area contributed by atoms with Crippen LogP contribution in [0.25, 0.3) is 0 Å². The van der Waals surface area contributed by atoms with Crippen LogP contribution in [0.3, 0.4) is 0 Å². The Kier molecular flexibility index (Phi) is 6.47. The van der Waals surface area contributed by atoms with Gasteiger partial charge in [-0.25, -0.2) is 13.6 Å². The first-order valence-corrected chi connectivity index (χ1v) is 9.26. The van der Waals surface area contributed by atoms with Gasteiger partial charge in [-0.15, -0.1) is 0 Å². The summed E-state index contributed by atoms with van der Waals surface area (Å²) in [6, 6.07) is 2.18. The normalized spacial score (nSPS) is 19.3. The van der Waals surface area contributed by atoms with Crippen LogP contribution >= 0.6 is 0 Å². The van der Waals surface area contributed by atoms with E-state index >= 15 is 0 Å². The number of nitrogens with one attached hydrogen (secondary N) is 2. The maximum absolute atomic E-state index is 14.7. The number of carbonyl (C=O) groups is 3. The third-order valence-electron chi connectivity index (χ3n) is 4.89. The number of anilines is 2. The van der Waals surface area contributed by atoms with E-state index in [4.69, 9.17) is 4.74 Å². The lowest BCUT2D eigenvalue weighted by atomic mass is 10.2. The summed E-state index contributed by atoms with van der Waals surface area (Å²) in [7, 11) is 1.68. The molecule has 3 rings (SSSR count). The molecule has 1 aromatic carbocycles. The number of hydrogen-bond acceptors (Lipinski definition) is 6. The second-order valence-corrected chi connectivity index (χ2v) is 6.80. The Balaban J connectivity index is 1.70. The zero-order valence-corrected chi connectivity index (χ0v) is 16.0. The number of halogens is 2. The number of rotatable bonds is 7. The van der Waals surface area contributed by atoms with Crippen molar-refractivity contribution in [1.82, 2.24) is 15.5 Å². The van der Waals surface area contributed by atoms with Crippen molar-refractivity contribution >= 4 is 29.8 Å². The molecule has 1 atom stereocenters. The maximum Gasteiger partial charge on any atom is 0.414 e. The van der Waals surface area contributed by atoms with Gasteiger partial charge in [0.05, 0.1) is 25.3 Å². The van der Waals surface area contributed by atoms with Crippen LogP contribution in [0.1, 0.15) is 0 Å². The molecule has 3 amide bonds. The molecule has 0 spiro atoms. The quantitative estimate of drug-likeness (QED) is 0.609. The average Bonchev–Trinajstić information content (AvgIpc) is 3.07. The number of ether oxygens (including phenoxy) is 1. The molecule has 9 nitrogen and oxygen atoms in total. The number of amides is 3.